The van der Waals surface area contributed by atoms with Gasteiger partial charge in [0.05, 0.1) is 6.61 Å². The smallest absolute Gasteiger partial charge is 0.355 e. The molecule has 1 amide bonds. The molecule has 1 rings (SSSR count). The molecule has 0 radical (unpaired) electrons. The first-order valence-electron chi connectivity index (χ1n) is 6.61. The first-order chi connectivity index (χ1) is 8.99. The molecule has 106 valence electrons. The van der Waals surface area contributed by atoms with E-state index in [-0.39, 0.29) is 24.5 Å². The van der Waals surface area contributed by atoms with Gasteiger partial charge in [-0.15, -0.1) is 0 Å². The lowest BCUT2D eigenvalue weighted by molar-refractivity contribution is -0.122. The van der Waals surface area contributed by atoms with Gasteiger partial charge in [0, 0.05) is 12.2 Å². The molecule has 1 heterocycles. The highest BCUT2D eigenvalue weighted by atomic mass is 16.5. The van der Waals surface area contributed by atoms with Crippen molar-refractivity contribution in [3.05, 3.63) is 23.5 Å². The van der Waals surface area contributed by atoms with Crippen LogP contribution in [0.15, 0.2) is 12.3 Å². The Bertz CT molecular complexity index is 452. The van der Waals surface area contributed by atoms with E-state index < -0.39 is 0 Å². The fraction of sp³-hybridized carbons (Fsp3) is 0.571. The van der Waals surface area contributed by atoms with Gasteiger partial charge >= 0.3 is 5.97 Å². The normalized spacial score (nSPS) is 12.0. The van der Waals surface area contributed by atoms with Gasteiger partial charge in [0.1, 0.15) is 12.2 Å². The number of carbonyl (C=O) groups excluding carboxylic acids is 2. The van der Waals surface area contributed by atoms with E-state index in [1.165, 1.54) is 0 Å². The predicted molar refractivity (Wildman–Crippen MR) is 73.0 cm³/mol. The Hall–Kier alpha value is -1.78. The quantitative estimate of drug-likeness (QED) is 0.800. The summed E-state index contributed by atoms with van der Waals surface area (Å²) in [5, 5.41) is 2.87. The number of aryl methyl sites for hydroxylation is 1. The van der Waals surface area contributed by atoms with Gasteiger partial charge in [-0.1, -0.05) is 6.92 Å². The van der Waals surface area contributed by atoms with Gasteiger partial charge in [-0.2, -0.15) is 0 Å². The minimum Gasteiger partial charge on any atom is -0.461 e. The second-order valence-corrected chi connectivity index (χ2v) is 4.57. The molecule has 0 aromatic carbocycles. The molecule has 1 aromatic heterocycles. The molecular formula is C14H22N2O3. The summed E-state index contributed by atoms with van der Waals surface area (Å²) in [4.78, 5) is 23.7. The van der Waals surface area contributed by atoms with Crippen molar-refractivity contribution in [2.75, 3.05) is 6.61 Å². The average molecular weight is 266 g/mol. The van der Waals surface area contributed by atoms with Gasteiger partial charge in [0.25, 0.3) is 0 Å². The zero-order valence-corrected chi connectivity index (χ0v) is 12.0. The zero-order valence-electron chi connectivity index (χ0n) is 12.0. The molecule has 5 nitrogen and oxygen atoms in total. The van der Waals surface area contributed by atoms with E-state index in [1.54, 1.807) is 17.7 Å². The topological polar surface area (TPSA) is 60.3 Å². The Labute approximate surface area is 113 Å². The Balaban J connectivity index is 2.79. The van der Waals surface area contributed by atoms with Gasteiger partial charge < -0.3 is 14.6 Å². The van der Waals surface area contributed by atoms with Crippen LogP contribution in [-0.2, 0) is 16.1 Å². The summed E-state index contributed by atoms with van der Waals surface area (Å²) in [6.07, 6.45) is 2.61. The van der Waals surface area contributed by atoms with Crippen LogP contribution in [0.1, 0.15) is 43.2 Å². The third kappa shape index (κ3) is 4.12. The molecule has 0 saturated carbocycles. The minimum atomic E-state index is -0.388. The first kappa shape index (κ1) is 15.3. The summed E-state index contributed by atoms with van der Waals surface area (Å²) in [6, 6.07) is 1.94. The van der Waals surface area contributed by atoms with E-state index in [2.05, 4.69) is 5.32 Å². The minimum absolute atomic E-state index is 0.101. The Morgan fingerprint density at radius 2 is 2.11 bits per heavy atom. The number of aromatic nitrogens is 1. The number of ether oxygens (including phenoxy) is 1. The van der Waals surface area contributed by atoms with Gasteiger partial charge in [-0.05, 0) is 38.8 Å². The van der Waals surface area contributed by atoms with Crippen molar-refractivity contribution in [2.24, 2.45) is 0 Å². The zero-order chi connectivity index (χ0) is 14.4. The molecule has 0 bridgehead atoms. The Kier molecular flexibility index (Phi) is 5.60. The molecule has 0 fully saturated rings. The molecule has 5 heteroatoms. The SMILES string of the molecule is CCOC(=O)c1c(C)ccn1CC(=O)NC(C)CC. The van der Waals surface area contributed by atoms with Gasteiger partial charge in [-0.25, -0.2) is 4.79 Å². The average Bonchev–Trinajstić information content (AvgIpc) is 2.70. The Morgan fingerprint density at radius 1 is 1.42 bits per heavy atom. The summed E-state index contributed by atoms with van der Waals surface area (Å²) in [6.45, 7) is 8.00. The van der Waals surface area contributed by atoms with Crippen molar-refractivity contribution in [3.63, 3.8) is 0 Å². The van der Waals surface area contributed by atoms with E-state index in [1.807, 2.05) is 26.8 Å². The number of rotatable bonds is 6. The van der Waals surface area contributed by atoms with Gasteiger partial charge in [0.15, 0.2) is 0 Å². The highest BCUT2D eigenvalue weighted by Gasteiger charge is 2.17. The van der Waals surface area contributed by atoms with Crippen LogP contribution in [0.5, 0.6) is 0 Å². The molecule has 0 aliphatic carbocycles. The van der Waals surface area contributed by atoms with Crippen molar-refractivity contribution >= 4 is 11.9 Å². The number of nitrogens with one attached hydrogen (secondary N) is 1. The number of esters is 1. The van der Waals surface area contributed by atoms with E-state index in [0.29, 0.717) is 12.3 Å². The fourth-order valence-corrected chi connectivity index (χ4v) is 1.77. The monoisotopic (exact) mass is 266 g/mol. The van der Waals surface area contributed by atoms with Gasteiger partial charge in [-0.3, -0.25) is 4.79 Å². The van der Waals surface area contributed by atoms with Crippen molar-refractivity contribution < 1.29 is 14.3 Å². The molecule has 19 heavy (non-hydrogen) atoms. The van der Waals surface area contributed by atoms with E-state index in [4.69, 9.17) is 4.74 Å². The molecule has 0 aliphatic rings. The molecule has 0 aliphatic heterocycles. The third-order valence-corrected chi connectivity index (χ3v) is 2.97. The first-order valence-corrected chi connectivity index (χ1v) is 6.61. The van der Waals surface area contributed by atoms with Crippen molar-refractivity contribution in [2.45, 2.75) is 46.7 Å². The van der Waals surface area contributed by atoms with E-state index in [0.717, 1.165) is 12.0 Å². The highest BCUT2D eigenvalue weighted by molar-refractivity contribution is 5.90. The summed E-state index contributed by atoms with van der Waals surface area (Å²) in [7, 11) is 0. The predicted octanol–water partition coefficient (Wildman–Crippen LogP) is 1.89. The molecule has 0 saturated heterocycles. The maximum atomic E-state index is 11.8. The van der Waals surface area contributed by atoms with Crippen LogP contribution in [0.3, 0.4) is 0 Å². The van der Waals surface area contributed by atoms with Crippen LogP contribution in [0.25, 0.3) is 0 Å². The largest absolute Gasteiger partial charge is 0.461 e. The summed E-state index contributed by atoms with van der Waals surface area (Å²) < 4.78 is 6.63. The maximum absolute atomic E-state index is 11.8. The van der Waals surface area contributed by atoms with Crippen molar-refractivity contribution in [3.8, 4) is 0 Å². The second-order valence-electron chi connectivity index (χ2n) is 4.57. The van der Waals surface area contributed by atoms with E-state index >= 15 is 0 Å². The molecule has 1 atom stereocenters. The number of hydrogen-bond donors (Lipinski definition) is 1. The molecule has 1 unspecified atom stereocenters. The molecule has 1 aromatic rings. The van der Waals surface area contributed by atoms with Crippen molar-refractivity contribution in [1.82, 2.24) is 9.88 Å². The number of amides is 1. The Morgan fingerprint density at radius 3 is 2.68 bits per heavy atom. The number of nitrogens with zero attached hydrogens (tertiary/aromatic N) is 1. The molecule has 1 N–H and O–H groups in total. The number of carbonyl (C=O) groups is 2. The summed E-state index contributed by atoms with van der Waals surface area (Å²) in [5.41, 5.74) is 1.26. The lowest BCUT2D eigenvalue weighted by Gasteiger charge is -2.13. The van der Waals surface area contributed by atoms with Crippen LogP contribution in [0.4, 0.5) is 0 Å². The van der Waals surface area contributed by atoms with Crippen LogP contribution >= 0.6 is 0 Å². The van der Waals surface area contributed by atoms with Crippen LogP contribution in [-0.4, -0.2) is 29.1 Å². The fourth-order valence-electron chi connectivity index (χ4n) is 1.77. The second kappa shape index (κ2) is 6.97. The number of hydrogen-bond acceptors (Lipinski definition) is 3. The maximum Gasteiger partial charge on any atom is 0.355 e. The summed E-state index contributed by atoms with van der Waals surface area (Å²) in [5.74, 6) is -0.489. The van der Waals surface area contributed by atoms with Crippen LogP contribution in [0, 0.1) is 6.92 Å². The van der Waals surface area contributed by atoms with Crippen LogP contribution < -0.4 is 5.32 Å². The third-order valence-electron chi connectivity index (χ3n) is 2.97. The summed E-state index contributed by atoms with van der Waals surface area (Å²) >= 11 is 0. The van der Waals surface area contributed by atoms with E-state index in [9.17, 15) is 9.59 Å². The lowest BCUT2D eigenvalue weighted by Crippen LogP contribution is -2.35. The lowest BCUT2D eigenvalue weighted by atomic mass is 10.2. The van der Waals surface area contributed by atoms with Crippen LogP contribution in [0.2, 0.25) is 0 Å². The molecule has 0 spiro atoms. The highest BCUT2D eigenvalue weighted by Crippen LogP contribution is 2.11. The standard InChI is InChI=1S/C14H22N2O3/c1-5-11(4)15-12(17)9-16-8-7-10(3)13(16)14(18)19-6-2/h7-8,11H,5-6,9H2,1-4H3,(H,15,17). The molecular weight excluding hydrogens is 244 g/mol. The van der Waals surface area contributed by atoms with Crippen molar-refractivity contribution in [1.29, 1.82) is 0 Å². The van der Waals surface area contributed by atoms with Gasteiger partial charge in [0.2, 0.25) is 5.91 Å².